The van der Waals surface area contributed by atoms with Crippen molar-refractivity contribution in [2.24, 2.45) is 11.3 Å². The molecule has 27 heavy (non-hydrogen) atoms. The Hall–Kier alpha value is -2.43. The van der Waals surface area contributed by atoms with Gasteiger partial charge in [-0.3, -0.25) is 9.59 Å². The predicted octanol–water partition coefficient (Wildman–Crippen LogP) is 3.57. The molecular formula is C22H27N3O2. The van der Waals surface area contributed by atoms with Gasteiger partial charge in [0.15, 0.2) is 0 Å². The molecule has 5 heteroatoms. The largest absolute Gasteiger partial charge is 0.338 e. The Morgan fingerprint density at radius 1 is 1.41 bits per heavy atom. The predicted molar refractivity (Wildman–Crippen MR) is 106 cm³/mol. The number of hydrogen-bond acceptors (Lipinski definition) is 3. The van der Waals surface area contributed by atoms with E-state index in [1.54, 1.807) is 17.8 Å². The first-order chi connectivity index (χ1) is 13.0. The summed E-state index contributed by atoms with van der Waals surface area (Å²) in [6, 6.07) is 2.01. The monoisotopic (exact) mass is 365 g/mol. The van der Waals surface area contributed by atoms with Gasteiger partial charge < -0.3 is 10.2 Å². The molecule has 0 bridgehead atoms. The van der Waals surface area contributed by atoms with Crippen LogP contribution in [0.15, 0.2) is 30.0 Å². The minimum atomic E-state index is 0.0122. The average Bonchev–Trinajstić information content (AvgIpc) is 3.20. The van der Waals surface area contributed by atoms with Crippen LogP contribution in [0.25, 0.3) is 6.08 Å². The molecule has 4 rings (SSSR count). The van der Waals surface area contributed by atoms with E-state index in [2.05, 4.69) is 30.2 Å². The van der Waals surface area contributed by atoms with Gasteiger partial charge in [-0.15, -0.1) is 0 Å². The molecule has 1 N–H and O–H groups in total. The number of aromatic nitrogens is 1. The molecular weight excluding hydrogens is 338 g/mol. The Morgan fingerprint density at radius 3 is 3.00 bits per heavy atom. The lowest BCUT2D eigenvalue weighted by molar-refractivity contribution is -0.125. The van der Waals surface area contributed by atoms with Crippen molar-refractivity contribution in [3.8, 4) is 0 Å². The van der Waals surface area contributed by atoms with Crippen LogP contribution in [-0.2, 0) is 16.0 Å². The molecule has 5 nitrogen and oxygen atoms in total. The number of aryl methyl sites for hydroxylation is 1. The maximum atomic E-state index is 12.7. The number of nitrogens with zero attached hydrogens (tertiary/aromatic N) is 2. The third-order valence-electron chi connectivity index (χ3n) is 6.45. The van der Waals surface area contributed by atoms with Crippen LogP contribution in [0.1, 0.15) is 50.7 Å². The van der Waals surface area contributed by atoms with E-state index in [-0.39, 0.29) is 17.2 Å². The van der Waals surface area contributed by atoms with Crippen LogP contribution in [-0.4, -0.2) is 34.8 Å². The summed E-state index contributed by atoms with van der Waals surface area (Å²) in [4.78, 5) is 30.5. The Kier molecular flexibility index (Phi) is 4.62. The van der Waals surface area contributed by atoms with Gasteiger partial charge >= 0.3 is 0 Å². The second-order valence-corrected chi connectivity index (χ2v) is 8.02. The molecule has 2 aliphatic heterocycles. The van der Waals surface area contributed by atoms with Crippen LogP contribution >= 0.6 is 0 Å². The highest BCUT2D eigenvalue weighted by molar-refractivity contribution is 5.94. The summed E-state index contributed by atoms with van der Waals surface area (Å²) in [5, 5.41) is 2.78. The average molecular weight is 365 g/mol. The summed E-state index contributed by atoms with van der Waals surface area (Å²) in [5.41, 5.74) is 3.66. The van der Waals surface area contributed by atoms with E-state index in [1.165, 1.54) is 0 Å². The van der Waals surface area contributed by atoms with E-state index in [9.17, 15) is 9.59 Å². The lowest BCUT2D eigenvalue weighted by atomic mass is 9.79. The van der Waals surface area contributed by atoms with Crippen molar-refractivity contribution in [2.75, 3.05) is 18.4 Å². The van der Waals surface area contributed by atoms with Crippen molar-refractivity contribution in [1.29, 1.82) is 0 Å². The Morgan fingerprint density at radius 2 is 2.26 bits per heavy atom. The number of rotatable bonds is 4. The maximum Gasteiger partial charge on any atom is 0.246 e. The van der Waals surface area contributed by atoms with Crippen LogP contribution < -0.4 is 5.32 Å². The number of amides is 2. The molecule has 2 unspecified atom stereocenters. The normalized spacial score (nSPS) is 26.7. The zero-order valence-electron chi connectivity index (χ0n) is 16.1. The fourth-order valence-corrected chi connectivity index (χ4v) is 4.77. The molecule has 1 fully saturated rings. The number of fused-ring (bicyclic) bond motifs is 2. The fraction of sp³-hybridized carbons (Fsp3) is 0.500. The van der Waals surface area contributed by atoms with Crippen LogP contribution in [0.4, 0.5) is 5.82 Å². The third kappa shape index (κ3) is 3.31. The van der Waals surface area contributed by atoms with Crippen LogP contribution in [0.5, 0.6) is 0 Å². The first-order valence-corrected chi connectivity index (χ1v) is 9.99. The summed E-state index contributed by atoms with van der Waals surface area (Å²) in [5.74, 6) is 1.31. The number of pyridine rings is 1. The van der Waals surface area contributed by atoms with Gasteiger partial charge in [0.1, 0.15) is 5.82 Å². The molecule has 0 aromatic carbocycles. The molecule has 2 atom stereocenters. The lowest BCUT2D eigenvalue weighted by Gasteiger charge is -2.25. The Labute approximate surface area is 160 Å². The number of hydrogen-bond donors (Lipinski definition) is 1. The van der Waals surface area contributed by atoms with Gasteiger partial charge in [0, 0.05) is 37.2 Å². The second-order valence-electron chi connectivity index (χ2n) is 8.02. The topological polar surface area (TPSA) is 62.3 Å². The summed E-state index contributed by atoms with van der Waals surface area (Å²) in [6.07, 6.45) is 12.2. The summed E-state index contributed by atoms with van der Waals surface area (Å²) in [6.45, 7) is 6.14. The third-order valence-corrected chi connectivity index (χ3v) is 6.45. The van der Waals surface area contributed by atoms with Gasteiger partial charge in [-0.05, 0) is 54.9 Å². The molecule has 2 amide bonds. The molecule has 1 aromatic rings. The highest BCUT2D eigenvalue weighted by Crippen LogP contribution is 2.49. The fourth-order valence-electron chi connectivity index (χ4n) is 4.77. The highest BCUT2D eigenvalue weighted by Gasteiger charge is 2.48. The smallest absolute Gasteiger partial charge is 0.246 e. The molecule has 1 saturated heterocycles. The van der Waals surface area contributed by atoms with E-state index in [1.807, 2.05) is 17.0 Å². The number of carbonyl (C=O) groups is 2. The first kappa shape index (κ1) is 18.0. The number of nitrogens with one attached hydrogen (secondary N) is 1. The van der Waals surface area contributed by atoms with Crippen molar-refractivity contribution in [3.05, 3.63) is 41.1 Å². The SMILES string of the molecule is CCC1=CC2(CC)CN(C(=O)C=Cc3cnc4c(c3)CCC(=O)N4)CC2C1. The Balaban J connectivity index is 1.44. The standard InChI is InChI=1S/C22H27N3O2/c1-3-15-10-18-13-25(14-22(18,4-2)11-15)20(27)8-5-16-9-17-6-7-19(26)24-21(17)23-12-16/h5,8-9,11-12,18H,3-4,6-7,10,13-14H2,1-2H3,(H,23,24,26). The van der Waals surface area contributed by atoms with Crippen molar-refractivity contribution < 1.29 is 9.59 Å². The van der Waals surface area contributed by atoms with E-state index in [4.69, 9.17) is 0 Å². The quantitative estimate of drug-likeness (QED) is 0.655. The van der Waals surface area contributed by atoms with E-state index in [0.29, 0.717) is 24.6 Å². The Bertz CT molecular complexity index is 842. The van der Waals surface area contributed by atoms with Gasteiger partial charge in [-0.2, -0.15) is 0 Å². The van der Waals surface area contributed by atoms with Crippen molar-refractivity contribution >= 4 is 23.7 Å². The molecule has 0 spiro atoms. The summed E-state index contributed by atoms with van der Waals surface area (Å²) in [7, 11) is 0. The molecule has 1 aliphatic carbocycles. The first-order valence-electron chi connectivity index (χ1n) is 9.99. The molecule has 142 valence electrons. The zero-order chi connectivity index (χ0) is 19.0. The van der Waals surface area contributed by atoms with E-state index in [0.717, 1.165) is 43.5 Å². The van der Waals surface area contributed by atoms with E-state index < -0.39 is 0 Å². The number of allylic oxidation sites excluding steroid dienone is 1. The number of anilines is 1. The van der Waals surface area contributed by atoms with E-state index >= 15 is 0 Å². The van der Waals surface area contributed by atoms with Gasteiger partial charge in [0.25, 0.3) is 0 Å². The van der Waals surface area contributed by atoms with Gasteiger partial charge in [-0.25, -0.2) is 4.98 Å². The van der Waals surface area contributed by atoms with Crippen LogP contribution in [0.3, 0.4) is 0 Å². The van der Waals surface area contributed by atoms with Crippen molar-refractivity contribution in [3.63, 3.8) is 0 Å². The minimum absolute atomic E-state index is 0.0122. The van der Waals surface area contributed by atoms with Gasteiger partial charge in [-0.1, -0.05) is 25.5 Å². The zero-order valence-corrected chi connectivity index (χ0v) is 16.1. The molecule has 0 radical (unpaired) electrons. The summed E-state index contributed by atoms with van der Waals surface area (Å²) >= 11 is 0. The van der Waals surface area contributed by atoms with Gasteiger partial charge in [0.05, 0.1) is 0 Å². The van der Waals surface area contributed by atoms with Crippen LogP contribution in [0.2, 0.25) is 0 Å². The lowest BCUT2D eigenvalue weighted by Crippen LogP contribution is -2.30. The number of likely N-dealkylation sites (tertiary alicyclic amines) is 1. The molecule has 3 aliphatic rings. The molecule has 1 aromatic heterocycles. The van der Waals surface area contributed by atoms with Gasteiger partial charge in [0.2, 0.25) is 11.8 Å². The molecule has 3 heterocycles. The van der Waals surface area contributed by atoms with Crippen molar-refractivity contribution in [2.45, 2.75) is 46.0 Å². The maximum absolute atomic E-state index is 12.7. The van der Waals surface area contributed by atoms with Crippen molar-refractivity contribution in [1.82, 2.24) is 9.88 Å². The van der Waals surface area contributed by atoms with Crippen LogP contribution in [0, 0.1) is 11.3 Å². The summed E-state index contributed by atoms with van der Waals surface area (Å²) < 4.78 is 0. The number of carbonyl (C=O) groups excluding carboxylic acids is 2. The molecule has 0 saturated carbocycles. The highest BCUT2D eigenvalue weighted by atomic mass is 16.2. The minimum Gasteiger partial charge on any atom is -0.338 e. The second kappa shape index (κ2) is 6.95.